The summed E-state index contributed by atoms with van der Waals surface area (Å²) in [6.45, 7) is 1.35. The van der Waals surface area contributed by atoms with Gasteiger partial charge in [-0.3, -0.25) is 4.79 Å². The van der Waals surface area contributed by atoms with Gasteiger partial charge in [-0.25, -0.2) is 0 Å². The Morgan fingerprint density at radius 3 is 2.73 bits per heavy atom. The number of ether oxygens (including phenoxy) is 2. The van der Waals surface area contributed by atoms with Gasteiger partial charge in [0, 0.05) is 6.92 Å². The third kappa shape index (κ3) is 3.02. The fourth-order valence-corrected chi connectivity index (χ4v) is 3.72. The predicted molar refractivity (Wildman–Crippen MR) is 82.7 cm³/mol. The number of carbonyl (C=O) groups excluding carboxylic acids is 1. The number of esters is 1. The Hall–Kier alpha value is -1.81. The van der Waals surface area contributed by atoms with E-state index in [-0.39, 0.29) is 5.97 Å². The van der Waals surface area contributed by atoms with Crippen LogP contribution in [-0.2, 0) is 4.79 Å². The molecule has 1 aromatic rings. The molecule has 2 aliphatic rings. The van der Waals surface area contributed by atoms with Crippen LogP contribution in [0.4, 0.5) is 0 Å². The first-order valence-electron chi connectivity index (χ1n) is 7.79. The number of hydrogen-bond donors (Lipinski definition) is 1. The van der Waals surface area contributed by atoms with Crippen LogP contribution in [-0.4, -0.2) is 18.2 Å². The maximum Gasteiger partial charge on any atom is 0.308 e. The summed E-state index contributed by atoms with van der Waals surface area (Å²) in [5.74, 6) is 2.36. The van der Waals surface area contributed by atoms with E-state index in [0.717, 1.165) is 12.0 Å². The van der Waals surface area contributed by atoms with E-state index in [9.17, 15) is 9.90 Å². The van der Waals surface area contributed by atoms with Gasteiger partial charge in [-0.15, -0.1) is 0 Å². The van der Waals surface area contributed by atoms with Gasteiger partial charge in [0.2, 0.25) is 0 Å². The van der Waals surface area contributed by atoms with Crippen LogP contribution in [0.2, 0.25) is 0 Å². The Morgan fingerprint density at radius 1 is 1.32 bits per heavy atom. The fraction of sp³-hybridized carbons (Fsp3) is 0.500. The predicted octanol–water partition coefficient (Wildman–Crippen LogP) is 3.26. The fourth-order valence-electron chi connectivity index (χ4n) is 3.72. The van der Waals surface area contributed by atoms with Crippen molar-refractivity contribution in [2.45, 2.75) is 32.3 Å². The highest BCUT2D eigenvalue weighted by Crippen LogP contribution is 2.47. The summed E-state index contributed by atoms with van der Waals surface area (Å²) in [6, 6.07) is 5.24. The van der Waals surface area contributed by atoms with Gasteiger partial charge >= 0.3 is 5.97 Å². The number of allylic oxidation sites excluding steroid dienone is 2. The molecule has 0 aromatic heterocycles. The molecule has 0 spiro atoms. The van der Waals surface area contributed by atoms with Crippen molar-refractivity contribution < 1.29 is 19.4 Å². The Kier molecular flexibility index (Phi) is 4.21. The van der Waals surface area contributed by atoms with Crippen molar-refractivity contribution in [3.05, 3.63) is 35.9 Å². The van der Waals surface area contributed by atoms with Crippen molar-refractivity contribution >= 4 is 5.97 Å². The molecule has 2 aliphatic carbocycles. The lowest BCUT2D eigenvalue weighted by atomic mass is 9.87. The Balaban J connectivity index is 1.71. The highest BCUT2D eigenvalue weighted by atomic mass is 16.6. The van der Waals surface area contributed by atoms with Crippen LogP contribution in [0.25, 0.3) is 0 Å². The lowest BCUT2D eigenvalue weighted by molar-refractivity contribution is -0.132. The van der Waals surface area contributed by atoms with Gasteiger partial charge < -0.3 is 14.6 Å². The van der Waals surface area contributed by atoms with E-state index in [4.69, 9.17) is 9.47 Å². The van der Waals surface area contributed by atoms with E-state index < -0.39 is 6.10 Å². The molecule has 4 heteroatoms. The van der Waals surface area contributed by atoms with Gasteiger partial charge in [-0.05, 0) is 54.7 Å². The van der Waals surface area contributed by atoms with Crippen LogP contribution in [0.1, 0.15) is 37.9 Å². The van der Waals surface area contributed by atoms with E-state index in [0.29, 0.717) is 29.3 Å². The van der Waals surface area contributed by atoms with Crippen molar-refractivity contribution in [1.82, 2.24) is 0 Å². The molecule has 1 fully saturated rings. The molecule has 3 rings (SSSR count). The zero-order valence-electron chi connectivity index (χ0n) is 13.0. The number of aliphatic hydroxyl groups is 1. The third-order valence-electron chi connectivity index (χ3n) is 4.77. The van der Waals surface area contributed by atoms with E-state index in [2.05, 4.69) is 12.2 Å². The molecule has 118 valence electrons. The standard InChI is InChI=1S/C18H22O4/c1-11(19)22-17-6-5-14(10-18(17)21-2)16(20)9-15-8-12-3-4-13(15)7-12/h3-6,10,12-13,15-16,20H,7-9H2,1-2H3. The Bertz CT molecular complexity index is 593. The van der Waals surface area contributed by atoms with Gasteiger partial charge in [0.05, 0.1) is 13.2 Å². The van der Waals surface area contributed by atoms with E-state index in [1.54, 1.807) is 18.2 Å². The molecule has 4 nitrogen and oxygen atoms in total. The highest BCUT2D eigenvalue weighted by molar-refractivity contribution is 5.70. The zero-order valence-corrected chi connectivity index (χ0v) is 13.0. The number of methoxy groups -OCH3 is 1. The van der Waals surface area contributed by atoms with Gasteiger partial charge in [0.15, 0.2) is 11.5 Å². The zero-order chi connectivity index (χ0) is 15.7. The minimum Gasteiger partial charge on any atom is -0.493 e. The first kappa shape index (κ1) is 15.1. The first-order chi connectivity index (χ1) is 10.6. The highest BCUT2D eigenvalue weighted by Gasteiger charge is 2.36. The summed E-state index contributed by atoms with van der Waals surface area (Å²) in [4.78, 5) is 11.1. The minimum atomic E-state index is -0.516. The number of hydrogen-bond acceptors (Lipinski definition) is 4. The topological polar surface area (TPSA) is 55.8 Å². The van der Waals surface area contributed by atoms with Crippen LogP contribution in [0.15, 0.2) is 30.4 Å². The monoisotopic (exact) mass is 302 g/mol. The number of benzene rings is 1. The molecule has 1 aromatic carbocycles. The summed E-state index contributed by atoms with van der Waals surface area (Å²) in [6.07, 6.45) is 7.28. The molecule has 0 amide bonds. The Morgan fingerprint density at radius 2 is 2.14 bits per heavy atom. The van der Waals surface area contributed by atoms with Crippen molar-refractivity contribution in [1.29, 1.82) is 0 Å². The summed E-state index contributed by atoms with van der Waals surface area (Å²) in [5, 5.41) is 10.5. The largest absolute Gasteiger partial charge is 0.493 e. The molecule has 0 radical (unpaired) electrons. The lowest BCUT2D eigenvalue weighted by Crippen LogP contribution is -2.12. The van der Waals surface area contributed by atoms with Crippen LogP contribution in [0.3, 0.4) is 0 Å². The number of fused-ring (bicyclic) bond motifs is 2. The molecular weight excluding hydrogens is 280 g/mol. The second-order valence-electron chi connectivity index (χ2n) is 6.30. The summed E-state index contributed by atoms with van der Waals surface area (Å²) in [5.41, 5.74) is 0.805. The molecule has 4 atom stereocenters. The average molecular weight is 302 g/mol. The summed E-state index contributed by atoms with van der Waals surface area (Å²) < 4.78 is 10.3. The minimum absolute atomic E-state index is 0.383. The van der Waals surface area contributed by atoms with Crippen molar-refractivity contribution in [2.75, 3.05) is 7.11 Å². The second-order valence-corrected chi connectivity index (χ2v) is 6.30. The quantitative estimate of drug-likeness (QED) is 0.515. The van der Waals surface area contributed by atoms with Crippen LogP contribution >= 0.6 is 0 Å². The molecule has 0 heterocycles. The molecule has 4 unspecified atom stereocenters. The smallest absolute Gasteiger partial charge is 0.308 e. The SMILES string of the molecule is COc1cc(C(O)CC2CC3C=CC2C3)ccc1OC(C)=O. The van der Waals surface area contributed by atoms with Gasteiger partial charge in [0.25, 0.3) is 0 Å². The average Bonchev–Trinajstić information content (AvgIpc) is 3.09. The van der Waals surface area contributed by atoms with Crippen molar-refractivity contribution in [2.24, 2.45) is 17.8 Å². The van der Waals surface area contributed by atoms with Gasteiger partial charge in [0.1, 0.15) is 0 Å². The number of rotatable bonds is 5. The molecular formula is C18H22O4. The van der Waals surface area contributed by atoms with E-state index in [1.807, 2.05) is 0 Å². The molecule has 0 saturated heterocycles. The van der Waals surface area contributed by atoms with Gasteiger partial charge in [-0.2, -0.15) is 0 Å². The number of carbonyl (C=O) groups is 1. The van der Waals surface area contributed by atoms with E-state index in [1.165, 1.54) is 26.9 Å². The summed E-state index contributed by atoms with van der Waals surface area (Å²) >= 11 is 0. The number of aliphatic hydroxyl groups excluding tert-OH is 1. The normalized spacial score (nSPS) is 27.0. The van der Waals surface area contributed by atoms with Crippen LogP contribution < -0.4 is 9.47 Å². The lowest BCUT2D eigenvalue weighted by Gasteiger charge is -2.22. The van der Waals surface area contributed by atoms with E-state index >= 15 is 0 Å². The molecule has 0 aliphatic heterocycles. The third-order valence-corrected chi connectivity index (χ3v) is 4.77. The molecule has 1 saturated carbocycles. The first-order valence-corrected chi connectivity index (χ1v) is 7.79. The van der Waals surface area contributed by atoms with Crippen molar-refractivity contribution in [3.63, 3.8) is 0 Å². The van der Waals surface area contributed by atoms with Crippen LogP contribution in [0, 0.1) is 17.8 Å². The van der Waals surface area contributed by atoms with Crippen LogP contribution in [0.5, 0.6) is 11.5 Å². The Labute approximate surface area is 130 Å². The summed E-state index contributed by atoms with van der Waals surface area (Å²) in [7, 11) is 1.53. The molecule has 22 heavy (non-hydrogen) atoms. The van der Waals surface area contributed by atoms with Gasteiger partial charge in [-0.1, -0.05) is 18.2 Å². The molecule has 1 N–H and O–H groups in total. The molecule has 2 bridgehead atoms. The second kappa shape index (κ2) is 6.13. The maximum atomic E-state index is 11.1. The van der Waals surface area contributed by atoms with Crippen molar-refractivity contribution in [3.8, 4) is 11.5 Å². The maximum absolute atomic E-state index is 11.1.